The molecule has 1 atom stereocenters. The topological polar surface area (TPSA) is 99.1 Å². The summed E-state index contributed by atoms with van der Waals surface area (Å²) in [6.07, 6.45) is 1.90. The van der Waals surface area contributed by atoms with E-state index in [9.17, 15) is 9.59 Å². The number of likely N-dealkylation sites (N-methyl/N-ethyl adjacent to an activating group) is 1. The van der Waals surface area contributed by atoms with E-state index in [1.54, 1.807) is 37.2 Å². The molecule has 1 heterocycles. The number of hydrogen-bond donors (Lipinski definition) is 2. The van der Waals surface area contributed by atoms with Gasteiger partial charge in [-0.1, -0.05) is 12.1 Å². The van der Waals surface area contributed by atoms with E-state index in [4.69, 9.17) is 15.2 Å². The zero-order chi connectivity index (χ0) is 25.5. The lowest BCUT2D eigenvalue weighted by Crippen LogP contribution is -2.79. The number of nitrogens with one attached hydrogen (secondary N) is 1. The highest BCUT2D eigenvalue weighted by molar-refractivity contribution is 5.99. The summed E-state index contributed by atoms with van der Waals surface area (Å²) >= 11 is 0. The average Bonchev–Trinajstić information content (AvgIpc) is 3.27. The predicted octanol–water partition coefficient (Wildman–Crippen LogP) is 1.47. The van der Waals surface area contributed by atoms with Gasteiger partial charge in [0.15, 0.2) is 11.5 Å². The fourth-order valence-corrected chi connectivity index (χ4v) is 4.41. The molecule has 2 amide bonds. The fourth-order valence-electron chi connectivity index (χ4n) is 4.41. The number of nitrogens with two attached hydrogens (primary N) is 1. The molecule has 1 aliphatic rings. The van der Waals surface area contributed by atoms with Crippen molar-refractivity contribution in [3.63, 3.8) is 0 Å². The van der Waals surface area contributed by atoms with Gasteiger partial charge in [-0.25, -0.2) is 9.79 Å². The van der Waals surface area contributed by atoms with Gasteiger partial charge >= 0.3 is 5.91 Å². The molecular weight excluding hydrogens is 444 g/mol. The number of benzene rings is 2. The quantitative estimate of drug-likeness (QED) is 0.416. The Hall–Kier alpha value is -3.39. The Morgan fingerprint density at radius 2 is 1.80 bits per heavy atom. The molecule has 0 aromatic heterocycles. The van der Waals surface area contributed by atoms with E-state index >= 15 is 0 Å². The van der Waals surface area contributed by atoms with Crippen molar-refractivity contribution in [2.45, 2.75) is 46.2 Å². The number of ether oxygens (including phenoxy) is 2. The van der Waals surface area contributed by atoms with Gasteiger partial charge in [0.05, 0.1) is 30.4 Å². The lowest BCUT2D eigenvalue weighted by Gasteiger charge is -2.26. The highest BCUT2D eigenvalue weighted by Crippen LogP contribution is 2.28. The maximum atomic E-state index is 12.9. The minimum atomic E-state index is -0.322. The Bertz CT molecular complexity index is 1100. The van der Waals surface area contributed by atoms with E-state index in [0.29, 0.717) is 36.8 Å². The van der Waals surface area contributed by atoms with Crippen LogP contribution in [0.25, 0.3) is 0 Å². The summed E-state index contributed by atoms with van der Waals surface area (Å²) in [6.45, 7) is 8.31. The molecule has 1 fully saturated rings. The van der Waals surface area contributed by atoms with Gasteiger partial charge in [-0.3, -0.25) is 15.4 Å². The fraction of sp³-hybridized carbons (Fsp3) is 0.444. The van der Waals surface area contributed by atoms with E-state index in [1.165, 1.54) is 0 Å². The molecule has 35 heavy (non-hydrogen) atoms. The molecule has 0 aliphatic carbocycles. The number of amidine groups is 1. The van der Waals surface area contributed by atoms with E-state index in [1.807, 2.05) is 32.9 Å². The number of aryl methyl sites for hydroxylation is 1. The third-order valence-corrected chi connectivity index (χ3v) is 6.11. The molecule has 3 N–H and O–H groups in total. The van der Waals surface area contributed by atoms with Gasteiger partial charge in [0.2, 0.25) is 5.91 Å². The molecule has 0 radical (unpaired) electrons. The van der Waals surface area contributed by atoms with Crippen molar-refractivity contribution in [1.29, 1.82) is 0 Å². The van der Waals surface area contributed by atoms with Gasteiger partial charge in [0.1, 0.15) is 0 Å². The molecule has 2 aromatic carbocycles. The molecule has 0 saturated carbocycles. The van der Waals surface area contributed by atoms with Crippen LogP contribution in [0.4, 0.5) is 0 Å². The minimum absolute atomic E-state index is 0.0726. The molecule has 188 valence electrons. The monoisotopic (exact) mass is 481 g/mol. The molecule has 8 nitrogen and oxygen atoms in total. The van der Waals surface area contributed by atoms with Gasteiger partial charge in [0, 0.05) is 20.6 Å². The van der Waals surface area contributed by atoms with Crippen LogP contribution in [0, 0.1) is 6.92 Å². The number of hydrogen-bond acceptors (Lipinski definition) is 5. The van der Waals surface area contributed by atoms with Crippen LogP contribution in [0.1, 0.15) is 53.7 Å². The Kier molecular flexibility index (Phi) is 8.87. The molecule has 0 bridgehead atoms. The Morgan fingerprint density at radius 3 is 2.46 bits per heavy atom. The standard InChI is InChI=1S/C27H36N4O4/c1-6-34-23-13-11-20(16-24(23)35-7-2)26(32)29-25(28)21-12-10-19(15-18(21)3)17-31-14-8-9-22(31)27(33)30(4)5/h10-13,15-16,22H,6-9,14,17H2,1-5H3,(H2,28,29,32)/p+1. The first-order valence-corrected chi connectivity index (χ1v) is 12.1. The van der Waals surface area contributed by atoms with Crippen LogP contribution in [-0.2, 0) is 11.3 Å². The van der Waals surface area contributed by atoms with Crippen LogP contribution < -0.4 is 20.2 Å². The van der Waals surface area contributed by atoms with E-state index < -0.39 is 0 Å². The second-order valence-electron chi connectivity index (χ2n) is 8.91. The summed E-state index contributed by atoms with van der Waals surface area (Å²) in [6, 6.07) is 11.0. The molecule has 8 heteroatoms. The highest BCUT2D eigenvalue weighted by atomic mass is 16.5. The van der Waals surface area contributed by atoms with Gasteiger partial charge in [0.25, 0.3) is 5.84 Å². The van der Waals surface area contributed by atoms with Crippen LogP contribution in [-0.4, -0.2) is 67.3 Å². The minimum Gasteiger partial charge on any atom is -0.490 e. The third kappa shape index (κ3) is 6.39. The molecule has 1 aliphatic heterocycles. The van der Waals surface area contributed by atoms with E-state index in [-0.39, 0.29) is 23.7 Å². The number of nitrogens with zero attached hydrogens (tertiary/aromatic N) is 2. The Labute approximate surface area is 207 Å². The average molecular weight is 482 g/mol. The van der Waals surface area contributed by atoms with Crippen LogP contribution >= 0.6 is 0 Å². The normalized spacial score (nSPS) is 16.3. The first-order chi connectivity index (χ1) is 16.7. The second-order valence-corrected chi connectivity index (χ2v) is 8.91. The van der Waals surface area contributed by atoms with Crippen molar-refractivity contribution < 1.29 is 24.1 Å². The molecule has 1 unspecified atom stereocenters. The second kappa shape index (κ2) is 11.8. The highest BCUT2D eigenvalue weighted by Gasteiger charge is 2.31. The number of carbonyl (C=O) groups is 2. The van der Waals surface area contributed by atoms with E-state index in [0.717, 1.165) is 36.1 Å². The van der Waals surface area contributed by atoms with Crippen LogP contribution in [0.5, 0.6) is 11.5 Å². The zero-order valence-corrected chi connectivity index (χ0v) is 21.4. The van der Waals surface area contributed by atoms with Crippen LogP contribution in [0.15, 0.2) is 36.4 Å². The van der Waals surface area contributed by atoms with Crippen LogP contribution in [0.2, 0.25) is 0 Å². The maximum Gasteiger partial charge on any atom is 0.339 e. The molecule has 2 aromatic rings. The number of rotatable bonds is 9. The van der Waals surface area contributed by atoms with Crippen molar-refractivity contribution >= 4 is 17.6 Å². The molecule has 1 saturated heterocycles. The molecule has 3 rings (SSSR count). The van der Waals surface area contributed by atoms with Gasteiger partial charge in [-0.2, -0.15) is 0 Å². The lowest BCUT2D eigenvalue weighted by molar-refractivity contribution is -0.345. The predicted molar refractivity (Wildman–Crippen MR) is 136 cm³/mol. The molecule has 0 spiro atoms. The first-order valence-electron chi connectivity index (χ1n) is 12.1. The zero-order valence-electron chi connectivity index (χ0n) is 21.4. The summed E-state index contributed by atoms with van der Waals surface area (Å²) < 4.78 is 11.2. The van der Waals surface area contributed by atoms with Gasteiger partial charge in [-0.15, -0.1) is 0 Å². The summed E-state index contributed by atoms with van der Waals surface area (Å²) in [5, 5.41) is 0. The number of amides is 2. The Balaban J connectivity index is 1.75. The van der Waals surface area contributed by atoms with Crippen molar-refractivity contribution in [1.82, 2.24) is 9.80 Å². The van der Waals surface area contributed by atoms with Crippen molar-refractivity contribution in [2.24, 2.45) is 5.73 Å². The van der Waals surface area contributed by atoms with Crippen LogP contribution in [0.3, 0.4) is 0 Å². The summed E-state index contributed by atoms with van der Waals surface area (Å²) in [5.74, 6) is 1.23. The van der Waals surface area contributed by atoms with Crippen molar-refractivity contribution in [3.05, 3.63) is 58.7 Å². The lowest BCUT2D eigenvalue weighted by atomic mass is 10.0. The number of carbonyl (C=O) groups excluding carboxylic acids is 2. The van der Waals surface area contributed by atoms with Crippen molar-refractivity contribution in [3.8, 4) is 11.5 Å². The first kappa shape index (κ1) is 26.2. The number of likely N-dealkylation sites (tertiary alicyclic amines) is 1. The SMILES string of the molecule is CCOc1ccc(C(=O)[NH+]=C(N)c2ccc(CN3CCCC3C(=O)N(C)C)cc2C)cc1OCC. The molecular formula is C27H37N4O4+. The smallest absolute Gasteiger partial charge is 0.339 e. The summed E-state index contributed by atoms with van der Waals surface area (Å²) in [4.78, 5) is 32.1. The van der Waals surface area contributed by atoms with Gasteiger partial charge in [-0.05, 0) is 75.5 Å². The van der Waals surface area contributed by atoms with E-state index in [2.05, 4.69) is 16.0 Å². The van der Waals surface area contributed by atoms with Gasteiger partial charge < -0.3 is 14.4 Å². The van der Waals surface area contributed by atoms with Crippen molar-refractivity contribution in [2.75, 3.05) is 33.9 Å². The third-order valence-electron chi connectivity index (χ3n) is 6.11. The largest absolute Gasteiger partial charge is 0.490 e. The number of nitrogen functional groups attached to an aromatic ring is 1. The summed E-state index contributed by atoms with van der Waals surface area (Å²) in [5.41, 5.74) is 9.54. The maximum absolute atomic E-state index is 12.9. The Morgan fingerprint density at radius 1 is 1.09 bits per heavy atom. The summed E-state index contributed by atoms with van der Waals surface area (Å²) in [7, 11) is 3.60.